The molecule has 0 aromatic heterocycles. The van der Waals surface area contributed by atoms with Gasteiger partial charge in [0.05, 0.1) is 11.3 Å². The molecule has 0 radical (unpaired) electrons. The van der Waals surface area contributed by atoms with E-state index in [0.29, 0.717) is 0 Å². The summed E-state index contributed by atoms with van der Waals surface area (Å²) in [6.07, 6.45) is -0.256. The Morgan fingerprint density at radius 1 is 1.31 bits per heavy atom. The Morgan fingerprint density at radius 2 is 1.88 bits per heavy atom. The first-order chi connectivity index (χ1) is 7.54. The molecule has 6 nitrogen and oxygen atoms in total. The predicted octanol–water partition coefficient (Wildman–Crippen LogP) is 0.914. The van der Waals surface area contributed by atoms with Gasteiger partial charge in [-0.05, 0) is 12.1 Å². The molecular formula is C10H10N2O4. The van der Waals surface area contributed by atoms with Crippen LogP contribution in [0.15, 0.2) is 24.3 Å². The fraction of sp³-hybridized carbons (Fsp3) is 0.200. The van der Waals surface area contributed by atoms with Crippen molar-refractivity contribution in [3.05, 3.63) is 39.9 Å². The third-order valence-corrected chi connectivity index (χ3v) is 2.00. The lowest BCUT2D eigenvalue weighted by molar-refractivity contribution is -0.384. The summed E-state index contributed by atoms with van der Waals surface area (Å²) in [5.74, 6) is -0.752. The minimum atomic E-state index is -0.549. The van der Waals surface area contributed by atoms with Crippen LogP contribution < -0.4 is 5.32 Å². The monoisotopic (exact) mass is 222 g/mol. The Hall–Kier alpha value is -2.24. The average molecular weight is 222 g/mol. The van der Waals surface area contributed by atoms with Gasteiger partial charge in [0.15, 0.2) is 5.78 Å². The summed E-state index contributed by atoms with van der Waals surface area (Å²) >= 11 is 0. The number of non-ortho nitro benzene ring substituents is 1. The Morgan fingerprint density at radius 3 is 2.31 bits per heavy atom. The van der Waals surface area contributed by atoms with Crippen molar-refractivity contribution >= 4 is 17.4 Å². The molecule has 0 aliphatic carbocycles. The van der Waals surface area contributed by atoms with E-state index in [4.69, 9.17) is 0 Å². The summed E-state index contributed by atoms with van der Waals surface area (Å²) in [6.45, 7) is 0. The van der Waals surface area contributed by atoms with E-state index in [1.807, 2.05) is 0 Å². The lowest BCUT2D eigenvalue weighted by Gasteiger charge is -1.99. The zero-order valence-electron chi connectivity index (χ0n) is 8.60. The van der Waals surface area contributed by atoms with E-state index >= 15 is 0 Å². The van der Waals surface area contributed by atoms with Crippen LogP contribution in [0.5, 0.6) is 0 Å². The van der Waals surface area contributed by atoms with E-state index in [2.05, 4.69) is 5.32 Å². The van der Waals surface area contributed by atoms with Gasteiger partial charge in [-0.15, -0.1) is 0 Å². The largest absolute Gasteiger partial charge is 0.359 e. The molecule has 1 amide bonds. The minimum Gasteiger partial charge on any atom is -0.359 e. The van der Waals surface area contributed by atoms with Gasteiger partial charge in [-0.2, -0.15) is 0 Å². The molecule has 84 valence electrons. The van der Waals surface area contributed by atoms with Gasteiger partial charge in [0.1, 0.15) is 0 Å². The summed E-state index contributed by atoms with van der Waals surface area (Å²) in [4.78, 5) is 32.2. The van der Waals surface area contributed by atoms with Crippen molar-refractivity contribution in [3.8, 4) is 0 Å². The van der Waals surface area contributed by atoms with Crippen LogP contribution in [-0.4, -0.2) is 23.7 Å². The lowest BCUT2D eigenvalue weighted by atomic mass is 10.1. The smallest absolute Gasteiger partial charge is 0.269 e. The average Bonchev–Trinajstić information content (AvgIpc) is 2.28. The van der Waals surface area contributed by atoms with E-state index in [1.54, 1.807) is 0 Å². The molecule has 0 aliphatic rings. The number of Topliss-reactive ketones (excluding diaryl/α,β-unsaturated/α-hetero) is 1. The van der Waals surface area contributed by atoms with E-state index in [-0.39, 0.29) is 29.4 Å². The van der Waals surface area contributed by atoms with E-state index in [1.165, 1.54) is 31.3 Å². The molecule has 0 bridgehead atoms. The number of ketones is 1. The van der Waals surface area contributed by atoms with Crippen molar-refractivity contribution in [2.24, 2.45) is 0 Å². The number of rotatable bonds is 4. The van der Waals surface area contributed by atoms with Gasteiger partial charge in [0.25, 0.3) is 5.69 Å². The molecule has 0 atom stereocenters. The third kappa shape index (κ3) is 2.88. The molecule has 0 aliphatic heterocycles. The third-order valence-electron chi connectivity index (χ3n) is 2.00. The predicted molar refractivity (Wildman–Crippen MR) is 56.1 cm³/mol. The molecule has 0 saturated heterocycles. The Balaban J connectivity index is 2.78. The standard InChI is InChI=1S/C10H10N2O4/c1-11-10(14)6-9(13)7-2-4-8(5-3-7)12(15)16/h2-5H,6H2,1H3,(H,11,14). The first-order valence-corrected chi connectivity index (χ1v) is 4.53. The van der Waals surface area contributed by atoms with Crippen LogP contribution in [0.4, 0.5) is 5.69 Å². The van der Waals surface area contributed by atoms with Crippen LogP contribution in [-0.2, 0) is 4.79 Å². The molecular weight excluding hydrogens is 212 g/mol. The molecule has 16 heavy (non-hydrogen) atoms. The van der Waals surface area contributed by atoms with Crippen molar-refractivity contribution < 1.29 is 14.5 Å². The highest BCUT2D eigenvalue weighted by atomic mass is 16.6. The molecule has 0 spiro atoms. The second-order valence-electron chi connectivity index (χ2n) is 3.08. The number of amides is 1. The second-order valence-corrected chi connectivity index (χ2v) is 3.08. The fourth-order valence-corrected chi connectivity index (χ4v) is 1.11. The number of benzene rings is 1. The van der Waals surface area contributed by atoms with Crippen LogP contribution in [0.3, 0.4) is 0 Å². The van der Waals surface area contributed by atoms with Gasteiger partial charge in [-0.3, -0.25) is 19.7 Å². The maximum absolute atomic E-state index is 11.5. The van der Waals surface area contributed by atoms with Gasteiger partial charge in [0.2, 0.25) is 5.91 Å². The van der Waals surface area contributed by atoms with Crippen LogP contribution >= 0.6 is 0 Å². The zero-order chi connectivity index (χ0) is 12.1. The number of nitrogens with one attached hydrogen (secondary N) is 1. The first-order valence-electron chi connectivity index (χ1n) is 4.53. The Bertz CT molecular complexity index is 425. The van der Waals surface area contributed by atoms with Gasteiger partial charge in [0, 0.05) is 24.7 Å². The normalized spacial score (nSPS) is 9.56. The summed E-state index contributed by atoms with van der Waals surface area (Å²) in [6, 6.07) is 5.14. The van der Waals surface area contributed by atoms with Crippen molar-refractivity contribution in [1.29, 1.82) is 0 Å². The first kappa shape index (κ1) is 11.8. The molecule has 1 aromatic carbocycles. The lowest BCUT2D eigenvalue weighted by Crippen LogP contribution is -2.21. The number of carbonyl (C=O) groups is 2. The van der Waals surface area contributed by atoms with E-state index in [0.717, 1.165) is 0 Å². The second kappa shape index (κ2) is 5.01. The van der Waals surface area contributed by atoms with Crippen molar-refractivity contribution in [1.82, 2.24) is 5.32 Å². The van der Waals surface area contributed by atoms with Gasteiger partial charge in [-0.25, -0.2) is 0 Å². The van der Waals surface area contributed by atoms with Crippen molar-refractivity contribution in [2.75, 3.05) is 7.05 Å². The van der Waals surface area contributed by atoms with Gasteiger partial charge < -0.3 is 5.32 Å². The molecule has 1 N–H and O–H groups in total. The highest BCUT2D eigenvalue weighted by Gasteiger charge is 2.12. The number of nitro groups is 1. The number of nitrogens with zero attached hydrogens (tertiary/aromatic N) is 1. The van der Waals surface area contributed by atoms with Crippen molar-refractivity contribution in [3.63, 3.8) is 0 Å². The zero-order valence-corrected chi connectivity index (χ0v) is 8.60. The minimum absolute atomic E-state index is 0.0866. The van der Waals surface area contributed by atoms with Crippen LogP contribution in [0, 0.1) is 10.1 Å². The Kier molecular flexibility index (Phi) is 3.71. The molecule has 1 aromatic rings. The highest BCUT2D eigenvalue weighted by molar-refractivity contribution is 6.07. The summed E-state index contributed by atoms with van der Waals surface area (Å²) in [5, 5.41) is 12.7. The van der Waals surface area contributed by atoms with Crippen LogP contribution in [0.2, 0.25) is 0 Å². The SMILES string of the molecule is CNC(=O)CC(=O)c1ccc([N+](=O)[O-])cc1. The molecule has 0 fully saturated rings. The summed E-state index contributed by atoms with van der Waals surface area (Å²) < 4.78 is 0. The molecule has 6 heteroatoms. The Labute approximate surface area is 91.4 Å². The number of hydrogen-bond donors (Lipinski definition) is 1. The molecule has 0 unspecified atom stereocenters. The van der Waals surface area contributed by atoms with Crippen molar-refractivity contribution in [2.45, 2.75) is 6.42 Å². The molecule has 0 heterocycles. The maximum Gasteiger partial charge on any atom is 0.269 e. The summed E-state index contributed by atoms with van der Waals surface area (Å²) in [7, 11) is 1.44. The maximum atomic E-state index is 11.5. The number of hydrogen-bond acceptors (Lipinski definition) is 4. The van der Waals surface area contributed by atoms with E-state index in [9.17, 15) is 19.7 Å². The van der Waals surface area contributed by atoms with Gasteiger partial charge >= 0.3 is 0 Å². The highest BCUT2D eigenvalue weighted by Crippen LogP contribution is 2.13. The number of nitro benzene ring substituents is 1. The van der Waals surface area contributed by atoms with Crippen LogP contribution in [0.1, 0.15) is 16.8 Å². The van der Waals surface area contributed by atoms with Crippen LogP contribution in [0.25, 0.3) is 0 Å². The topological polar surface area (TPSA) is 89.3 Å². The fourth-order valence-electron chi connectivity index (χ4n) is 1.11. The summed E-state index contributed by atoms with van der Waals surface area (Å²) in [5.41, 5.74) is 0.200. The van der Waals surface area contributed by atoms with Gasteiger partial charge in [-0.1, -0.05) is 0 Å². The van der Waals surface area contributed by atoms with E-state index < -0.39 is 4.92 Å². The number of carbonyl (C=O) groups excluding carboxylic acids is 2. The molecule has 1 rings (SSSR count). The molecule has 0 saturated carbocycles. The quantitative estimate of drug-likeness (QED) is 0.355.